The molecule has 2 aliphatic rings. The predicted molar refractivity (Wildman–Crippen MR) is 63.8 cm³/mol. The maximum Gasteiger partial charge on any atom is 0.313 e. The molecule has 6 heteroatoms. The van der Waals surface area contributed by atoms with Crippen LogP contribution in [0.15, 0.2) is 0 Å². The molecule has 1 aliphatic heterocycles. The second-order valence-electron chi connectivity index (χ2n) is 5.58. The van der Waals surface area contributed by atoms with E-state index in [-0.39, 0.29) is 19.1 Å². The number of carbonyl (C=O) groups is 2. The van der Waals surface area contributed by atoms with Crippen LogP contribution in [0.2, 0.25) is 0 Å². The average molecular weight is 256 g/mol. The fourth-order valence-corrected chi connectivity index (χ4v) is 2.18. The molecule has 1 amide bonds. The Balaban J connectivity index is 1.91. The fraction of sp³-hybridized carbons (Fsp3) is 0.833. The van der Waals surface area contributed by atoms with Gasteiger partial charge in [0.05, 0.1) is 25.3 Å². The second kappa shape index (κ2) is 4.85. The molecule has 1 saturated carbocycles. The van der Waals surface area contributed by atoms with Crippen molar-refractivity contribution in [3.8, 4) is 0 Å². The molecular formula is C12H20N2O4. The van der Waals surface area contributed by atoms with Crippen LogP contribution in [-0.4, -0.2) is 42.3 Å². The van der Waals surface area contributed by atoms with E-state index < -0.39 is 23.5 Å². The summed E-state index contributed by atoms with van der Waals surface area (Å²) in [4.78, 5) is 23.1. The Labute approximate surface area is 106 Å². The van der Waals surface area contributed by atoms with Gasteiger partial charge in [0, 0.05) is 0 Å². The number of carboxylic acid groups (broad SMARTS) is 1. The summed E-state index contributed by atoms with van der Waals surface area (Å²) in [7, 11) is 0. The number of aliphatic carboxylic acids is 1. The third kappa shape index (κ3) is 2.64. The zero-order valence-corrected chi connectivity index (χ0v) is 10.5. The van der Waals surface area contributed by atoms with Crippen LogP contribution in [0.5, 0.6) is 0 Å². The van der Waals surface area contributed by atoms with Gasteiger partial charge in [0.25, 0.3) is 0 Å². The highest BCUT2D eigenvalue weighted by atomic mass is 16.5. The number of carbonyl (C=O) groups excluding carboxylic acids is 1. The Morgan fingerprint density at radius 2 is 2.22 bits per heavy atom. The average Bonchev–Trinajstić information content (AvgIpc) is 3.03. The van der Waals surface area contributed by atoms with Gasteiger partial charge in [-0.15, -0.1) is 0 Å². The van der Waals surface area contributed by atoms with Gasteiger partial charge in [-0.05, 0) is 19.3 Å². The Bertz CT molecular complexity index is 356. The summed E-state index contributed by atoms with van der Waals surface area (Å²) in [5.41, 5.74) is 4.74. The van der Waals surface area contributed by atoms with Gasteiger partial charge < -0.3 is 20.9 Å². The smallest absolute Gasteiger partial charge is 0.313 e. The van der Waals surface area contributed by atoms with Crippen LogP contribution < -0.4 is 11.1 Å². The van der Waals surface area contributed by atoms with Crippen LogP contribution in [0.1, 0.15) is 26.2 Å². The van der Waals surface area contributed by atoms with E-state index in [4.69, 9.17) is 10.5 Å². The number of carboxylic acids is 1. The lowest BCUT2D eigenvalue weighted by molar-refractivity contribution is -0.149. The van der Waals surface area contributed by atoms with Crippen molar-refractivity contribution in [2.24, 2.45) is 17.1 Å². The molecule has 102 valence electrons. The molecule has 2 rings (SSSR count). The summed E-state index contributed by atoms with van der Waals surface area (Å²) in [5, 5.41) is 11.9. The van der Waals surface area contributed by atoms with E-state index in [1.807, 2.05) is 0 Å². The first-order valence-electron chi connectivity index (χ1n) is 6.30. The lowest BCUT2D eigenvalue weighted by Gasteiger charge is -2.26. The number of amides is 1. The quantitative estimate of drug-likeness (QED) is 0.628. The minimum atomic E-state index is -1.06. The van der Waals surface area contributed by atoms with Crippen molar-refractivity contribution >= 4 is 11.9 Å². The lowest BCUT2D eigenvalue weighted by Crippen LogP contribution is -2.53. The predicted octanol–water partition coefficient (Wildman–Crippen LogP) is -0.280. The Morgan fingerprint density at radius 3 is 2.78 bits per heavy atom. The minimum Gasteiger partial charge on any atom is -0.481 e. The van der Waals surface area contributed by atoms with Gasteiger partial charge in [-0.3, -0.25) is 9.59 Å². The molecule has 1 heterocycles. The van der Waals surface area contributed by atoms with E-state index in [2.05, 4.69) is 5.32 Å². The van der Waals surface area contributed by atoms with Crippen molar-refractivity contribution in [3.05, 3.63) is 0 Å². The Kier molecular flexibility index (Phi) is 3.59. The number of ether oxygens (including phenoxy) is 1. The molecule has 0 radical (unpaired) electrons. The topological polar surface area (TPSA) is 102 Å². The summed E-state index contributed by atoms with van der Waals surface area (Å²) in [6.45, 7) is 1.93. The molecule has 18 heavy (non-hydrogen) atoms. The molecule has 0 aromatic rings. The first-order valence-corrected chi connectivity index (χ1v) is 6.30. The number of rotatable bonds is 5. The summed E-state index contributed by atoms with van der Waals surface area (Å²) in [6, 6.07) is -1.05. The summed E-state index contributed by atoms with van der Waals surface area (Å²) >= 11 is 0. The molecule has 0 spiro atoms. The highest BCUT2D eigenvalue weighted by Crippen LogP contribution is 2.33. The zero-order valence-electron chi connectivity index (χ0n) is 10.5. The molecule has 1 aliphatic carbocycles. The van der Waals surface area contributed by atoms with Crippen LogP contribution in [-0.2, 0) is 14.3 Å². The van der Waals surface area contributed by atoms with E-state index >= 15 is 0 Å². The third-order valence-corrected chi connectivity index (χ3v) is 3.88. The van der Waals surface area contributed by atoms with Crippen molar-refractivity contribution in [1.29, 1.82) is 0 Å². The molecule has 6 nitrogen and oxygen atoms in total. The van der Waals surface area contributed by atoms with E-state index in [1.54, 1.807) is 6.92 Å². The third-order valence-electron chi connectivity index (χ3n) is 3.88. The van der Waals surface area contributed by atoms with Crippen LogP contribution >= 0.6 is 0 Å². The first-order chi connectivity index (χ1) is 8.43. The summed E-state index contributed by atoms with van der Waals surface area (Å²) in [5.74, 6) is -0.664. The molecule has 1 saturated heterocycles. The summed E-state index contributed by atoms with van der Waals surface area (Å²) < 4.78 is 5.17. The molecule has 4 N–H and O–H groups in total. The number of hydrogen-bond donors (Lipinski definition) is 3. The van der Waals surface area contributed by atoms with Crippen molar-refractivity contribution < 1.29 is 19.4 Å². The minimum absolute atomic E-state index is 0.116. The van der Waals surface area contributed by atoms with Crippen LogP contribution in [0.4, 0.5) is 0 Å². The Hall–Kier alpha value is -1.14. The molecule has 0 aromatic heterocycles. The van der Waals surface area contributed by atoms with Crippen molar-refractivity contribution in [2.75, 3.05) is 13.2 Å². The zero-order chi connectivity index (χ0) is 13.3. The van der Waals surface area contributed by atoms with Gasteiger partial charge in [0.2, 0.25) is 5.91 Å². The molecule has 0 bridgehead atoms. The SMILES string of the molecule is CC1(C(=O)O)COCC1NC(=O)C(N)CC1CC1. The van der Waals surface area contributed by atoms with Crippen molar-refractivity contribution in [2.45, 2.75) is 38.3 Å². The van der Waals surface area contributed by atoms with Gasteiger partial charge >= 0.3 is 5.97 Å². The van der Waals surface area contributed by atoms with Crippen molar-refractivity contribution in [1.82, 2.24) is 5.32 Å². The van der Waals surface area contributed by atoms with Crippen LogP contribution in [0.25, 0.3) is 0 Å². The first kappa shape index (κ1) is 13.3. The molecule has 3 unspecified atom stereocenters. The molecular weight excluding hydrogens is 236 g/mol. The molecule has 3 atom stereocenters. The summed E-state index contributed by atoms with van der Waals surface area (Å²) in [6.07, 6.45) is 2.96. The normalized spacial score (nSPS) is 33.1. The van der Waals surface area contributed by atoms with E-state index in [9.17, 15) is 14.7 Å². The fourth-order valence-electron chi connectivity index (χ4n) is 2.18. The number of nitrogens with one attached hydrogen (secondary N) is 1. The van der Waals surface area contributed by atoms with Crippen molar-refractivity contribution in [3.63, 3.8) is 0 Å². The van der Waals surface area contributed by atoms with E-state index in [0.29, 0.717) is 12.3 Å². The van der Waals surface area contributed by atoms with Crippen LogP contribution in [0.3, 0.4) is 0 Å². The lowest BCUT2D eigenvalue weighted by atomic mass is 9.85. The van der Waals surface area contributed by atoms with Gasteiger partial charge in [0.1, 0.15) is 5.41 Å². The maximum absolute atomic E-state index is 11.9. The highest BCUT2D eigenvalue weighted by Gasteiger charge is 2.47. The van der Waals surface area contributed by atoms with Gasteiger partial charge in [0.15, 0.2) is 0 Å². The van der Waals surface area contributed by atoms with Crippen LogP contribution in [0, 0.1) is 11.3 Å². The Morgan fingerprint density at radius 1 is 1.56 bits per heavy atom. The van der Waals surface area contributed by atoms with E-state index in [1.165, 1.54) is 0 Å². The van der Waals surface area contributed by atoms with E-state index in [0.717, 1.165) is 12.8 Å². The number of hydrogen-bond acceptors (Lipinski definition) is 4. The molecule has 2 fully saturated rings. The maximum atomic E-state index is 11.9. The van der Waals surface area contributed by atoms with Gasteiger partial charge in [-0.25, -0.2) is 0 Å². The number of nitrogens with two attached hydrogens (primary N) is 1. The second-order valence-corrected chi connectivity index (χ2v) is 5.58. The van der Waals surface area contributed by atoms with Gasteiger partial charge in [-0.2, -0.15) is 0 Å². The highest BCUT2D eigenvalue weighted by molar-refractivity contribution is 5.83. The largest absolute Gasteiger partial charge is 0.481 e. The monoisotopic (exact) mass is 256 g/mol. The molecule has 0 aromatic carbocycles. The van der Waals surface area contributed by atoms with Gasteiger partial charge in [-0.1, -0.05) is 12.8 Å². The standard InChI is InChI=1S/C12H20N2O4/c1-12(11(16)17)6-18-5-9(12)14-10(15)8(13)4-7-2-3-7/h7-9H,2-6,13H2,1H3,(H,14,15)(H,16,17).